The van der Waals surface area contributed by atoms with E-state index in [9.17, 15) is 4.39 Å². The van der Waals surface area contributed by atoms with Crippen LogP contribution in [-0.2, 0) is 0 Å². The molecule has 22 heavy (non-hydrogen) atoms. The number of hydrogen-bond donors (Lipinski definition) is 2. The van der Waals surface area contributed by atoms with Crippen LogP contribution in [0, 0.1) is 5.82 Å². The Kier molecular flexibility index (Phi) is 14.3. The summed E-state index contributed by atoms with van der Waals surface area (Å²) in [5.41, 5.74) is 0. The van der Waals surface area contributed by atoms with Crippen LogP contribution in [0.5, 0.6) is 0 Å². The number of hydrogen-bond acceptors (Lipinski definition) is 3. The molecule has 0 saturated heterocycles. The van der Waals surface area contributed by atoms with Crippen LogP contribution in [0.2, 0.25) is 0 Å². The van der Waals surface area contributed by atoms with E-state index in [2.05, 4.69) is 21.9 Å². The Bertz CT molecular complexity index is 416. The first-order chi connectivity index (χ1) is 10.3. The second-order valence-corrected chi connectivity index (χ2v) is 6.58. The maximum Gasteiger partial charge on any atom is 0.191 e. The van der Waals surface area contributed by atoms with E-state index in [0.717, 1.165) is 36.1 Å². The highest BCUT2D eigenvalue weighted by Gasteiger charge is 1.98. The van der Waals surface area contributed by atoms with Crippen LogP contribution in [0.1, 0.15) is 12.8 Å². The molecule has 3 nitrogen and oxygen atoms in total. The molecule has 0 aliphatic carbocycles. The summed E-state index contributed by atoms with van der Waals surface area (Å²) in [5.74, 6) is 2.78. The summed E-state index contributed by atoms with van der Waals surface area (Å²) >= 11 is 3.58. The summed E-state index contributed by atoms with van der Waals surface area (Å²) in [6.45, 7) is 1.78. The maximum absolute atomic E-state index is 12.8. The minimum Gasteiger partial charge on any atom is -0.356 e. The highest BCUT2D eigenvalue weighted by atomic mass is 127. The summed E-state index contributed by atoms with van der Waals surface area (Å²) in [6, 6.07) is 6.59. The molecule has 7 heteroatoms. The third-order valence-electron chi connectivity index (χ3n) is 2.77. The van der Waals surface area contributed by atoms with E-state index in [1.165, 1.54) is 24.3 Å². The molecule has 0 bridgehead atoms. The number of rotatable bonds is 9. The number of thioether (sulfide) groups is 2. The van der Waals surface area contributed by atoms with Crippen molar-refractivity contribution in [2.24, 2.45) is 4.99 Å². The normalized spacial score (nSPS) is 11.0. The lowest BCUT2D eigenvalue weighted by Gasteiger charge is -2.11. The largest absolute Gasteiger partial charge is 0.356 e. The predicted molar refractivity (Wildman–Crippen MR) is 110 cm³/mol. The zero-order valence-electron chi connectivity index (χ0n) is 13.1. The minimum absolute atomic E-state index is 0. The second kappa shape index (κ2) is 14.4. The Morgan fingerprint density at radius 1 is 1.09 bits per heavy atom. The van der Waals surface area contributed by atoms with E-state index >= 15 is 0 Å². The lowest BCUT2D eigenvalue weighted by molar-refractivity contribution is 0.626. The van der Waals surface area contributed by atoms with Gasteiger partial charge in [0.05, 0.1) is 0 Å². The van der Waals surface area contributed by atoms with Crippen LogP contribution in [-0.4, -0.2) is 43.9 Å². The quantitative estimate of drug-likeness (QED) is 0.194. The van der Waals surface area contributed by atoms with Crippen LogP contribution >= 0.6 is 47.5 Å². The Morgan fingerprint density at radius 3 is 2.41 bits per heavy atom. The van der Waals surface area contributed by atoms with Crippen LogP contribution in [0.25, 0.3) is 0 Å². The van der Waals surface area contributed by atoms with E-state index in [1.807, 2.05) is 11.8 Å². The molecular weight excluding hydrogens is 432 g/mol. The zero-order chi connectivity index (χ0) is 15.3. The number of nitrogens with one attached hydrogen (secondary N) is 2. The molecule has 1 aromatic rings. The number of guanidine groups is 1. The van der Waals surface area contributed by atoms with Gasteiger partial charge in [0, 0.05) is 30.8 Å². The number of nitrogens with zero attached hydrogens (tertiary/aromatic N) is 1. The molecule has 1 rings (SSSR count). The van der Waals surface area contributed by atoms with Gasteiger partial charge >= 0.3 is 0 Å². The first kappa shape index (κ1) is 21.9. The number of benzene rings is 1. The van der Waals surface area contributed by atoms with Crippen LogP contribution in [0.4, 0.5) is 4.39 Å². The lowest BCUT2D eigenvalue weighted by atomic mass is 10.3. The van der Waals surface area contributed by atoms with Crippen molar-refractivity contribution in [1.82, 2.24) is 10.6 Å². The summed E-state index contributed by atoms with van der Waals surface area (Å²) in [6.07, 6.45) is 4.52. The van der Waals surface area contributed by atoms with Crippen molar-refractivity contribution in [2.75, 3.05) is 37.9 Å². The summed E-state index contributed by atoms with van der Waals surface area (Å²) in [7, 11) is 1.78. The maximum atomic E-state index is 12.8. The van der Waals surface area contributed by atoms with Gasteiger partial charge in [-0.1, -0.05) is 0 Å². The van der Waals surface area contributed by atoms with Crippen molar-refractivity contribution in [2.45, 2.75) is 17.7 Å². The number of halogens is 2. The summed E-state index contributed by atoms with van der Waals surface area (Å²) in [4.78, 5) is 5.27. The van der Waals surface area contributed by atoms with Crippen LogP contribution in [0.15, 0.2) is 34.2 Å². The minimum atomic E-state index is -0.191. The fourth-order valence-corrected chi connectivity index (χ4v) is 2.93. The lowest BCUT2D eigenvalue weighted by Crippen LogP contribution is -2.38. The first-order valence-corrected chi connectivity index (χ1v) is 9.46. The average molecular weight is 457 g/mol. The van der Waals surface area contributed by atoms with Gasteiger partial charge in [0.1, 0.15) is 5.82 Å². The molecule has 0 amide bonds. The molecule has 0 heterocycles. The van der Waals surface area contributed by atoms with Gasteiger partial charge in [-0.2, -0.15) is 11.8 Å². The first-order valence-electron chi connectivity index (χ1n) is 7.08. The van der Waals surface area contributed by atoms with Gasteiger partial charge < -0.3 is 10.6 Å². The Hall–Kier alpha value is -0.150. The highest BCUT2D eigenvalue weighted by Crippen LogP contribution is 2.17. The molecule has 0 spiro atoms. The standard InChI is InChI=1S/C15H24FN3S2.HI/c1-17-15(18-9-3-4-11-20-2)19-10-12-21-14-7-5-13(16)6-8-14;/h5-8H,3-4,9-12H2,1-2H3,(H2,17,18,19);1H. The van der Waals surface area contributed by atoms with Crippen molar-refractivity contribution >= 4 is 53.5 Å². The Labute approximate surface area is 158 Å². The SMILES string of the molecule is CN=C(NCCCCSC)NCCSc1ccc(F)cc1.I. The molecule has 0 atom stereocenters. The van der Waals surface area contributed by atoms with Crippen molar-refractivity contribution in [1.29, 1.82) is 0 Å². The fraction of sp³-hybridized carbons (Fsp3) is 0.533. The van der Waals surface area contributed by atoms with Gasteiger partial charge in [-0.25, -0.2) is 4.39 Å². The smallest absolute Gasteiger partial charge is 0.191 e. The second-order valence-electron chi connectivity index (χ2n) is 4.43. The molecule has 2 N–H and O–H groups in total. The Balaban J connectivity index is 0.00000441. The number of aliphatic imine (C=N–C) groups is 1. The van der Waals surface area contributed by atoms with E-state index in [-0.39, 0.29) is 29.8 Å². The fourth-order valence-electron chi connectivity index (χ4n) is 1.67. The summed E-state index contributed by atoms with van der Waals surface area (Å²) < 4.78 is 12.8. The molecule has 1 aromatic carbocycles. The van der Waals surface area contributed by atoms with Crippen molar-refractivity contribution < 1.29 is 4.39 Å². The molecule has 0 aromatic heterocycles. The predicted octanol–water partition coefficient (Wildman–Crippen LogP) is 3.84. The van der Waals surface area contributed by atoms with Crippen molar-refractivity contribution in [3.63, 3.8) is 0 Å². The van der Waals surface area contributed by atoms with Crippen molar-refractivity contribution in [3.8, 4) is 0 Å². The number of unbranched alkanes of at least 4 members (excludes halogenated alkanes) is 1. The molecule has 0 unspecified atom stereocenters. The molecule has 126 valence electrons. The molecular formula is C15H25FIN3S2. The molecule has 0 fully saturated rings. The zero-order valence-corrected chi connectivity index (χ0v) is 17.1. The van der Waals surface area contributed by atoms with E-state index in [0.29, 0.717) is 0 Å². The van der Waals surface area contributed by atoms with E-state index in [4.69, 9.17) is 0 Å². The topological polar surface area (TPSA) is 36.4 Å². The third kappa shape index (κ3) is 10.6. The van der Waals surface area contributed by atoms with Gasteiger partial charge in [0.2, 0.25) is 0 Å². The van der Waals surface area contributed by atoms with Gasteiger partial charge in [-0.05, 0) is 49.1 Å². The van der Waals surface area contributed by atoms with Gasteiger partial charge in [-0.15, -0.1) is 35.7 Å². The average Bonchev–Trinajstić information content (AvgIpc) is 2.51. The molecule has 0 radical (unpaired) electrons. The molecule has 0 aliphatic rings. The van der Waals surface area contributed by atoms with Crippen LogP contribution < -0.4 is 10.6 Å². The van der Waals surface area contributed by atoms with Crippen molar-refractivity contribution in [3.05, 3.63) is 30.1 Å². The summed E-state index contributed by atoms with van der Waals surface area (Å²) in [5, 5.41) is 6.59. The third-order valence-corrected chi connectivity index (χ3v) is 4.48. The van der Waals surface area contributed by atoms with E-state index in [1.54, 1.807) is 30.9 Å². The van der Waals surface area contributed by atoms with Gasteiger partial charge in [0.25, 0.3) is 0 Å². The van der Waals surface area contributed by atoms with Gasteiger partial charge in [0.15, 0.2) is 5.96 Å². The van der Waals surface area contributed by atoms with Gasteiger partial charge in [-0.3, -0.25) is 4.99 Å². The molecule has 0 aliphatic heterocycles. The van der Waals surface area contributed by atoms with E-state index < -0.39 is 0 Å². The van der Waals surface area contributed by atoms with Crippen LogP contribution in [0.3, 0.4) is 0 Å². The monoisotopic (exact) mass is 457 g/mol. The Morgan fingerprint density at radius 2 is 1.77 bits per heavy atom. The molecule has 0 saturated carbocycles. The highest BCUT2D eigenvalue weighted by molar-refractivity contribution is 14.0.